The largest absolute Gasteiger partial charge is 0.394 e. The van der Waals surface area contributed by atoms with E-state index < -0.39 is 11.4 Å². The Morgan fingerprint density at radius 3 is 2.78 bits per heavy atom. The molecule has 0 aromatic heterocycles. The van der Waals surface area contributed by atoms with Crippen molar-refractivity contribution in [3.8, 4) is 6.07 Å². The lowest BCUT2D eigenvalue weighted by atomic mass is 9.90. The molecule has 0 saturated carbocycles. The molecule has 1 aromatic rings. The molecule has 1 fully saturated rings. The minimum atomic E-state index is -0.484. The summed E-state index contributed by atoms with van der Waals surface area (Å²) in [4.78, 5) is 0. The third-order valence-corrected chi connectivity index (χ3v) is 3.25. The Morgan fingerprint density at radius 1 is 1.44 bits per heavy atom. The number of ether oxygens (including phenoxy) is 1. The summed E-state index contributed by atoms with van der Waals surface area (Å²) in [7, 11) is 0. The molecule has 0 aliphatic carbocycles. The third kappa shape index (κ3) is 2.61. The molecule has 0 atom stereocenters. The van der Waals surface area contributed by atoms with Gasteiger partial charge in [-0.3, -0.25) is 0 Å². The lowest BCUT2D eigenvalue weighted by Gasteiger charge is -2.37. The molecule has 96 valence electrons. The lowest BCUT2D eigenvalue weighted by molar-refractivity contribution is 0.0380. The molecule has 2 rings (SSSR count). The summed E-state index contributed by atoms with van der Waals surface area (Å²) in [6, 6.07) is 5.97. The maximum absolute atomic E-state index is 13.0. The molecule has 18 heavy (non-hydrogen) atoms. The second-order valence-corrected chi connectivity index (χ2v) is 4.48. The van der Waals surface area contributed by atoms with Crippen LogP contribution in [-0.4, -0.2) is 30.5 Å². The van der Waals surface area contributed by atoms with Crippen LogP contribution in [-0.2, 0) is 4.74 Å². The van der Waals surface area contributed by atoms with Gasteiger partial charge in [-0.05, 0) is 31.0 Å². The zero-order chi connectivity index (χ0) is 13.0. The third-order valence-electron chi connectivity index (χ3n) is 3.25. The zero-order valence-electron chi connectivity index (χ0n) is 9.95. The van der Waals surface area contributed by atoms with Gasteiger partial charge in [-0.2, -0.15) is 5.26 Å². The molecule has 0 spiro atoms. The van der Waals surface area contributed by atoms with E-state index in [0.717, 1.165) is 0 Å². The smallest absolute Gasteiger partial charge is 0.124 e. The van der Waals surface area contributed by atoms with Crippen LogP contribution in [0.4, 0.5) is 10.1 Å². The molecule has 0 radical (unpaired) electrons. The van der Waals surface area contributed by atoms with Crippen LogP contribution < -0.4 is 5.32 Å². The summed E-state index contributed by atoms with van der Waals surface area (Å²) in [5.41, 5.74) is 0.311. The van der Waals surface area contributed by atoms with Gasteiger partial charge < -0.3 is 15.2 Å². The summed E-state index contributed by atoms with van der Waals surface area (Å²) in [6.07, 6.45) is 1.32. The van der Waals surface area contributed by atoms with E-state index in [4.69, 9.17) is 10.00 Å². The van der Waals surface area contributed by atoms with Crippen molar-refractivity contribution in [3.05, 3.63) is 29.6 Å². The van der Waals surface area contributed by atoms with Gasteiger partial charge in [-0.25, -0.2) is 4.39 Å². The summed E-state index contributed by atoms with van der Waals surface area (Å²) in [6.45, 7) is 1.09. The molecule has 0 unspecified atom stereocenters. The standard InChI is InChI=1S/C13H15FN2O2/c14-11-1-2-12(10(7-11)8-15)16-13(9-17)3-5-18-6-4-13/h1-2,7,16-17H,3-6,9H2. The number of benzene rings is 1. The normalized spacial score (nSPS) is 18.1. The topological polar surface area (TPSA) is 65.3 Å². The van der Waals surface area contributed by atoms with E-state index in [1.54, 1.807) is 0 Å². The lowest BCUT2D eigenvalue weighted by Crippen LogP contribution is -2.47. The molecule has 4 nitrogen and oxygen atoms in total. The number of nitriles is 1. The average Bonchev–Trinajstić information content (AvgIpc) is 2.42. The van der Waals surface area contributed by atoms with Crippen molar-refractivity contribution in [1.29, 1.82) is 5.26 Å². The first-order valence-electron chi connectivity index (χ1n) is 5.85. The van der Waals surface area contributed by atoms with E-state index in [1.807, 2.05) is 6.07 Å². The minimum Gasteiger partial charge on any atom is -0.394 e. The van der Waals surface area contributed by atoms with Crippen molar-refractivity contribution in [2.75, 3.05) is 25.1 Å². The number of nitrogens with one attached hydrogen (secondary N) is 1. The van der Waals surface area contributed by atoms with Gasteiger partial charge in [-0.1, -0.05) is 0 Å². The van der Waals surface area contributed by atoms with Crippen molar-refractivity contribution in [2.24, 2.45) is 0 Å². The molecular weight excluding hydrogens is 235 g/mol. The van der Waals surface area contributed by atoms with Gasteiger partial charge in [0.1, 0.15) is 11.9 Å². The predicted molar refractivity (Wildman–Crippen MR) is 64.6 cm³/mol. The fraction of sp³-hybridized carbons (Fsp3) is 0.462. The number of halogens is 1. The minimum absolute atomic E-state index is 0.0431. The number of aliphatic hydroxyl groups is 1. The van der Waals surface area contributed by atoms with Crippen molar-refractivity contribution in [1.82, 2.24) is 0 Å². The van der Waals surface area contributed by atoms with E-state index in [0.29, 0.717) is 31.7 Å². The SMILES string of the molecule is N#Cc1cc(F)ccc1NC1(CO)CCOCC1. The van der Waals surface area contributed by atoms with Gasteiger partial charge in [0.15, 0.2) is 0 Å². The highest BCUT2D eigenvalue weighted by Gasteiger charge is 2.32. The Hall–Kier alpha value is -1.64. The quantitative estimate of drug-likeness (QED) is 0.856. The second-order valence-electron chi connectivity index (χ2n) is 4.48. The van der Waals surface area contributed by atoms with Crippen LogP contribution >= 0.6 is 0 Å². The van der Waals surface area contributed by atoms with Crippen LogP contribution in [0.15, 0.2) is 18.2 Å². The Bertz CT molecular complexity index is 465. The summed E-state index contributed by atoms with van der Waals surface area (Å²) in [5.74, 6) is -0.442. The van der Waals surface area contributed by atoms with E-state index in [-0.39, 0.29) is 12.2 Å². The van der Waals surface area contributed by atoms with Crippen LogP contribution in [0.1, 0.15) is 18.4 Å². The maximum Gasteiger partial charge on any atom is 0.124 e. The molecule has 1 aliphatic rings. The Labute approximate surface area is 105 Å². The summed E-state index contributed by atoms with van der Waals surface area (Å²) in [5, 5.41) is 21.7. The van der Waals surface area contributed by atoms with Crippen molar-refractivity contribution < 1.29 is 14.2 Å². The highest BCUT2D eigenvalue weighted by atomic mass is 19.1. The fourth-order valence-electron chi connectivity index (χ4n) is 2.09. The molecule has 5 heteroatoms. The van der Waals surface area contributed by atoms with Gasteiger partial charge in [-0.15, -0.1) is 0 Å². The second kappa shape index (κ2) is 5.34. The van der Waals surface area contributed by atoms with Gasteiger partial charge in [0.25, 0.3) is 0 Å². The Balaban J connectivity index is 2.24. The van der Waals surface area contributed by atoms with Crippen LogP contribution in [0.3, 0.4) is 0 Å². The van der Waals surface area contributed by atoms with Crippen molar-refractivity contribution >= 4 is 5.69 Å². The van der Waals surface area contributed by atoms with Gasteiger partial charge in [0.05, 0.1) is 23.4 Å². The molecule has 0 bridgehead atoms. The van der Waals surface area contributed by atoms with E-state index in [2.05, 4.69) is 5.32 Å². The van der Waals surface area contributed by atoms with E-state index in [1.165, 1.54) is 18.2 Å². The first-order valence-corrected chi connectivity index (χ1v) is 5.85. The molecule has 1 saturated heterocycles. The first-order chi connectivity index (χ1) is 8.69. The van der Waals surface area contributed by atoms with Crippen LogP contribution in [0, 0.1) is 17.1 Å². The molecule has 2 N–H and O–H groups in total. The molecule has 1 aromatic carbocycles. The fourth-order valence-corrected chi connectivity index (χ4v) is 2.09. The highest BCUT2D eigenvalue weighted by Crippen LogP contribution is 2.27. The monoisotopic (exact) mass is 250 g/mol. The molecule has 1 aliphatic heterocycles. The van der Waals surface area contributed by atoms with E-state index in [9.17, 15) is 9.50 Å². The number of rotatable bonds is 3. The van der Waals surface area contributed by atoms with Crippen molar-refractivity contribution in [2.45, 2.75) is 18.4 Å². The molecular formula is C13H15FN2O2. The van der Waals surface area contributed by atoms with Gasteiger partial charge in [0.2, 0.25) is 0 Å². The average molecular weight is 250 g/mol. The number of aliphatic hydroxyl groups excluding tert-OH is 1. The van der Waals surface area contributed by atoms with E-state index >= 15 is 0 Å². The molecule has 1 heterocycles. The summed E-state index contributed by atoms with van der Waals surface area (Å²) < 4.78 is 18.3. The highest BCUT2D eigenvalue weighted by molar-refractivity contribution is 5.58. The van der Waals surface area contributed by atoms with Gasteiger partial charge >= 0.3 is 0 Å². The van der Waals surface area contributed by atoms with Gasteiger partial charge in [0, 0.05) is 13.2 Å². The maximum atomic E-state index is 13.0. The van der Waals surface area contributed by atoms with Crippen LogP contribution in [0.25, 0.3) is 0 Å². The Morgan fingerprint density at radius 2 is 2.17 bits per heavy atom. The number of nitrogens with zero attached hydrogens (tertiary/aromatic N) is 1. The Kier molecular flexibility index (Phi) is 3.80. The number of hydrogen-bond donors (Lipinski definition) is 2. The predicted octanol–water partition coefficient (Wildman–Crippen LogP) is 1.65. The number of hydrogen-bond acceptors (Lipinski definition) is 4. The number of anilines is 1. The van der Waals surface area contributed by atoms with Crippen molar-refractivity contribution in [3.63, 3.8) is 0 Å². The van der Waals surface area contributed by atoms with Crippen LogP contribution in [0.2, 0.25) is 0 Å². The van der Waals surface area contributed by atoms with Crippen LogP contribution in [0.5, 0.6) is 0 Å². The first kappa shape index (κ1) is 12.8. The molecule has 0 amide bonds. The zero-order valence-corrected chi connectivity index (χ0v) is 9.95. The summed E-state index contributed by atoms with van der Waals surface area (Å²) >= 11 is 0.